The molecule has 0 atom stereocenters. The van der Waals surface area contributed by atoms with Crippen molar-refractivity contribution in [2.75, 3.05) is 37.4 Å². The van der Waals surface area contributed by atoms with E-state index in [1.807, 2.05) is 43.3 Å². The van der Waals surface area contributed by atoms with E-state index in [0.717, 1.165) is 55.0 Å². The van der Waals surface area contributed by atoms with Crippen LogP contribution in [0.15, 0.2) is 36.4 Å². The van der Waals surface area contributed by atoms with E-state index in [9.17, 15) is 17.6 Å². The van der Waals surface area contributed by atoms with E-state index in [-0.39, 0.29) is 12.1 Å². The number of nitrogens with zero attached hydrogens (tertiary/aromatic N) is 3. The molecule has 0 bridgehead atoms. The minimum absolute atomic E-state index is 0.00443. The Hall–Kier alpha value is -2.65. The minimum atomic E-state index is -4.57. The van der Waals surface area contributed by atoms with E-state index in [0.29, 0.717) is 30.4 Å². The lowest BCUT2D eigenvalue weighted by atomic mass is 9.82. The van der Waals surface area contributed by atoms with Crippen LogP contribution < -0.4 is 15.5 Å². The second-order valence-electron chi connectivity index (χ2n) is 9.61. The summed E-state index contributed by atoms with van der Waals surface area (Å²) in [6, 6.07) is 9.38. The standard InChI is InChI=1S/C26H30ClF4N5/c1-36(2)24-20-5-3-4-6-22(20)34-25(35-24)33-14-17-9-7-16(8-10-17)13-32-15-18-11-19(26(29,30)31)12-21(27)23(18)28/h3-6,11-12,16-17,32H,7-10,13-15H2,1-2H3,(H,33,34,35). The number of alkyl halides is 3. The molecular weight excluding hydrogens is 494 g/mol. The Morgan fingerprint density at radius 3 is 2.33 bits per heavy atom. The molecule has 36 heavy (non-hydrogen) atoms. The fourth-order valence-corrected chi connectivity index (χ4v) is 4.94. The fraction of sp³-hybridized carbons (Fsp3) is 0.462. The second kappa shape index (κ2) is 11.2. The van der Waals surface area contributed by atoms with Gasteiger partial charge in [-0.1, -0.05) is 23.7 Å². The van der Waals surface area contributed by atoms with Gasteiger partial charge < -0.3 is 15.5 Å². The number of anilines is 2. The summed E-state index contributed by atoms with van der Waals surface area (Å²) >= 11 is 5.68. The molecule has 5 nitrogen and oxygen atoms in total. The maximum Gasteiger partial charge on any atom is 0.416 e. The molecule has 1 aliphatic rings. The van der Waals surface area contributed by atoms with Crippen molar-refractivity contribution < 1.29 is 17.6 Å². The molecule has 1 aliphatic carbocycles. The molecule has 194 valence electrons. The lowest BCUT2D eigenvalue weighted by Gasteiger charge is -2.29. The fourth-order valence-electron chi connectivity index (χ4n) is 4.70. The quantitative estimate of drug-likeness (QED) is 0.329. The number of benzene rings is 2. The maximum atomic E-state index is 14.2. The van der Waals surface area contributed by atoms with Crippen molar-refractivity contribution in [3.05, 3.63) is 58.4 Å². The summed E-state index contributed by atoms with van der Waals surface area (Å²) in [5.41, 5.74) is -0.112. The van der Waals surface area contributed by atoms with Crippen LogP contribution in [0.1, 0.15) is 36.8 Å². The van der Waals surface area contributed by atoms with Crippen LogP contribution in [0.25, 0.3) is 10.9 Å². The van der Waals surface area contributed by atoms with Crippen LogP contribution in [0.2, 0.25) is 5.02 Å². The predicted molar refractivity (Wildman–Crippen MR) is 136 cm³/mol. The number of fused-ring (bicyclic) bond motifs is 1. The van der Waals surface area contributed by atoms with Gasteiger partial charge in [0.2, 0.25) is 5.95 Å². The average molecular weight is 524 g/mol. The highest BCUT2D eigenvalue weighted by Crippen LogP contribution is 2.34. The van der Waals surface area contributed by atoms with E-state index in [1.165, 1.54) is 0 Å². The number of nitrogens with one attached hydrogen (secondary N) is 2. The number of hydrogen-bond acceptors (Lipinski definition) is 5. The number of para-hydroxylation sites is 1. The monoisotopic (exact) mass is 523 g/mol. The summed E-state index contributed by atoms with van der Waals surface area (Å²) in [4.78, 5) is 11.3. The summed E-state index contributed by atoms with van der Waals surface area (Å²) in [6.07, 6.45) is -0.530. The third-order valence-electron chi connectivity index (χ3n) is 6.70. The van der Waals surface area contributed by atoms with E-state index in [1.54, 1.807) is 0 Å². The Balaban J connectivity index is 1.26. The zero-order valence-corrected chi connectivity index (χ0v) is 21.1. The van der Waals surface area contributed by atoms with Crippen molar-refractivity contribution in [2.45, 2.75) is 38.4 Å². The average Bonchev–Trinajstić information content (AvgIpc) is 2.84. The van der Waals surface area contributed by atoms with Crippen molar-refractivity contribution in [1.82, 2.24) is 15.3 Å². The molecule has 1 aromatic heterocycles. The van der Waals surface area contributed by atoms with Gasteiger partial charge in [-0.3, -0.25) is 0 Å². The first-order valence-corrected chi connectivity index (χ1v) is 12.4. The van der Waals surface area contributed by atoms with Gasteiger partial charge in [-0.2, -0.15) is 18.2 Å². The van der Waals surface area contributed by atoms with Gasteiger partial charge in [0.15, 0.2) is 0 Å². The van der Waals surface area contributed by atoms with Crippen molar-refractivity contribution >= 4 is 34.3 Å². The van der Waals surface area contributed by atoms with E-state index in [4.69, 9.17) is 11.6 Å². The summed E-state index contributed by atoms with van der Waals surface area (Å²) in [6.45, 7) is 1.40. The third kappa shape index (κ3) is 6.37. The van der Waals surface area contributed by atoms with Crippen LogP contribution in [0.3, 0.4) is 0 Å². The summed E-state index contributed by atoms with van der Waals surface area (Å²) in [5, 5.41) is 7.01. The molecule has 0 unspecified atom stereocenters. The Bertz CT molecular complexity index is 1190. The zero-order chi connectivity index (χ0) is 25.9. The predicted octanol–water partition coefficient (Wildman–Crippen LogP) is 6.52. The van der Waals surface area contributed by atoms with Gasteiger partial charge in [0.05, 0.1) is 16.1 Å². The smallest absolute Gasteiger partial charge is 0.362 e. The Kier molecular flexibility index (Phi) is 8.20. The largest absolute Gasteiger partial charge is 0.416 e. The van der Waals surface area contributed by atoms with Crippen molar-refractivity contribution in [1.29, 1.82) is 0 Å². The van der Waals surface area contributed by atoms with Gasteiger partial charge in [0, 0.05) is 38.1 Å². The van der Waals surface area contributed by atoms with Crippen LogP contribution in [-0.4, -0.2) is 37.2 Å². The van der Waals surface area contributed by atoms with Crippen LogP contribution in [-0.2, 0) is 12.7 Å². The minimum Gasteiger partial charge on any atom is -0.362 e. The molecule has 10 heteroatoms. The third-order valence-corrected chi connectivity index (χ3v) is 6.98. The lowest BCUT2D eigenvalue weighted by Crippen LogP contribution is -2.28. The van der Waals surface area contributed by atoms with Gasteiger partial charge in [-0.15, -0.1) is 0 Å². The van der Waals surface area contributed by atoms with Crippen molar-refractivity contribution in [2.24, 2.45) is 11.8 Å². The molecule has 2 N–H and O–H groups in total. The number of hydrogen-bond donors (Lipinski definition) is 2. The molecule has 4 rings (SSSR count). The van der Waals surface area contributed by atoms with E-state index in [2.05, 4.69) is 20.6 Å². The Morgan fingerprint density at radius 1 is 1.00 bits per heavy atom. The normalized spacial score (nSPS) is 18.4. The number of halogens is 5. The first kappa shape index (κ1) is 26.4. The zero-order valence-electron chi connectivity index (χ0n) is 20.3. The highest BCUT2D eigenvalue weighted by atomic mass is 35.5. The van der Waals surface area contributed by atoms with Gasteiger partial charge in [0.1, 0.15) is 11.6 Å². The summed E-state index contributed by atoms with van der Waals surface area (Å²) < 4.78 is 53.2. The van der Waals surface area contributed by atoms with Crippen molar-refractivity contribution in [3.8, 4) is 0 Å². The molecule has 2 aromatic carbocycles. The topological polar surface area (TPSA) is 53.1 Å². The first-order chi connectivity index (χ1) is 17.1. The van der Waals surface area contributed by atoms with Crippen LogP contribution >= 0.6 is 11.6 Å². The number of aromatic nitrogens is 2. The Morgan fingerprint density at radius 2 is 1.67 bits per heavy atom. The molecular formula is C26H30ClF4N5. The van der Waals surface area contributed by atoms with Gasteiger partial charge >= 0.3 is 6.18 Å². The van der Waals surface area contributed by atoms with E-state index < -0.39 is 22.6 Å². The molecule has 0 amide bonds. The van der Waals surface area contributed by atoms with E-state index >= 15 is 0 Å². The maximum absolute atomic E-state index is 14.2. The molecule has 1 saturated carbocycles. The Labute approximate surface area is 213 Å². The van der Waals surface area contributed by atoms with Crippen LogP contribution in [0.4, 0.5) is 29.3 Å². The lowest BCUT2D eigenvalue weighted by molar-refractivity contribution is -0.137. The number of rotatable bonds is 8. The van der Waals surface area contributed by atoms with Crippen LogP contribution in [0.5, 0.6) is 0 Å². The highest BCUT2D eigenvalue weighted by Gasteiger charge is 2.32. The SMILES string of the molecule is CN(C)c1nc(NCC2CCC(CNCc3cc(C(F)(F)F)cc(Cl)c3F)CC2)nc2ccccc12. The molecule has 3 aromatic rings. The summed E-state index contributed by atoms with van der Waals surface area (Å²) in [7, 11) is 3.92. The molecule has 1 heterocycles. The molecule has 0 aliphatic heterocycles. The second-order valence-corrected chi connectivity index (χ2v) is 10.0. The first-order valence-electron chi connectivity index (χ1n) is 12.1. The van der Waals surface area contributed by atoms with Gasteiger partial charge in [0.25, 0.3) is 0 Å². The molecule has 0 saturated heterocycles. The highest BCUT2D eigenvalue weighted by molar-refractivity contribution is 6.30. The van der Waals surface area contributed by atoms with Crippen LogP contribution in [0, 0.1) is 17.7 Å². The molecule has 0 spiro atoms. The molecule has 1 fully saturated rings. The van der Waals surface area contributed by atoms with Crippen molar-refractivity contribution in [3.63, 3.8) is 0 Å². The molecule has 0 radical (unpaired) electrons. The van der Waals surface area contributed by atoms with Gasteiger partial charge in [-0.25, -0.2) is 9.37 Å². The van der Waals surface area contributed by atoms with Gasteiger partial charge in [-0.05, 0) is 68.3 Å². The summed E-state index contributed by atoms with van der Waals surface area (Å²) in [5.74, 6) is 1.56.